The second-order valence-corrected chi connectivity index (χ2v) is 12.8. The Balaban J connectivity index is 0.00000562. The number of nitrogens with one attached hydrogen (secondary N) is 2. The summed E-state index contributed by atoms with van der Waals surface area (Å²) in [5.41, 5.74) is 0.449. The summed E-state index contributed by atoms with van der Waals surface area (Å²) in [5.74, 6) is -2.73. The average molecular weight is 704 g/mol. The Kier molecular flexibility index (Phi) is 13.9. The van der Waals surface area contributed by atoms with Crippen molar-refractivity contribution in [2.75, 3.05) is 13.2 Å². The standard InChI is InChI=1S/C34H43N5O10.Na/c40-19-29(45)36-30-26(42)16-34(33(47)48,39-18-24(37-38-39)14-20-4-2-1-3-5-20)49-32(30)31(46)27(43)17-35-28(44)15-21-6-8-22(9-7-21)23-10-12-25(41)13-11-23;/h6-13,18,20,26-27,30-32,40-43,46H,1-5,14-17,19H2,(H,35,44)(H,36,45)(H,47,48);/q;+1/p-1/t26-,27+,30+,31+,32+,34+;/m0./s1. The fourth-order valence-electron chi connectivity index (χ4n) is 6.57. The molecule has 16 heteroatoms. The number of aliphatic hydroxyl groups excluding tert-OH is 4. The Morgan fingerprint density at radius 1 is 1.00 bits per heavy atom. The first-order chi connectivity index (χ1) is 23.5. The van der Waals surface area contributed by atoms with E-state index in [0.717, 1.165) is 47.9 Å². The summed E-state index contributed by atoms with van der Waals surface area (Å²) < 4.78 is 6.81. The molecule has 264 valence electrons. The number of benzene rings is 2. The van der Waals surface area contributed by atoms with E-state index in [0.29, 0.717) is 23.6 Å². The second kappa shape index (κ2) is 17.7. The molecule has 1 saturated heterocycles. The van der Waals surface area contributed by atoms with Crippen molar-refractivity contribution in [1.29, 1.82) is 0 Å². The molecule has 1 aliphatic heterocycles. The van der Waals surface area contributed by atoms with Crippen molar-refractivity contribution in [3.05, 3.63) is 66.0 Å². The summed E-state index contributed by atoms with van der Waals surface area (Å²) in [6, 6.07) is 12.3. The van der Waals surface area contributed by atoms with E-state index >= 15 is 0 Å². The average Bonchev–Trinajstić information content (AvgIpc) is 3.57. The molecule has 0 radical (unpaired) electrons. The minimum atomic E-state index is -2.47. The number of hydrogen-bond acceptors (Lipinski definition) is 12. The van der Waals surface area contributed by atoms with E-state index in [1.165, 1.54) is 6.20 Å². The van der Waals surface area contributed by atoms with Gasteiger partial charge in [-0.25, -0.2) is 4.68 Å². The molecule has 15 nitrogen and oxygen atoms in total. The van der Waals surface area contributed by atoms with Crippen LogP contribution >= 0.6 is 0 Å². The van der Waals surface area contributed by atoms with E-state index in [1.807, 2.05) is 12.1 Å². The van der Waals surface area contributed by atoms with Crippen LogP contribution in [0.3, 0.4) is 0 Å². The number of nitrogens with zero attached hydrogens (tertiary/aromatic N) is 3. The molecule has 0 spiro atoms. The third kappa shape index (κ3) is 9.47. The normalized spacial score (nSPS) is 23.6. The van der Waals surface area contributed by atoms with E-state index < -0.39 is 73.5 Å². The number of aromatic nitrogens is 3. The number of phenolic OH excluding ortho intramolecular Hbond substituents is 1. The maximum atomic E-state index is 12.7. The molecular weight excluding hydrogens is 661 g/mol. The van der Waals surface area contributed by atoms with Gasteiger partial charge in [-0.2, -0.15) is 0 Å². The number of amides is 2. The smallest absolute Gasteiger partial charge is 0.545 e. The quantitative estimate of drug-likeness (QED) is 0.0841. The number of carboxylic acid groups (broad SMARTS) is 1. The third-order valence-electron chi connectivity index (χ3n) is 9.27. The number of ether oxygens (including phenoxy) is 1. The molecule has 1 saturated carbocycles. The second-order valence-electron chi connectivity index (χ2n) is 12.8. The maximum Gasteiger partial charge on any atom is 1.00 e. The van der Waals surface area contributed by atoms with E-state index in [9.17, 15) is 45.0 Å². The fraction of sp³-hybridized carbons (Fsp3) is 0.500. The summed E-state index contributed by atoms with van der Waals surface area (Å²) in [4.78, 5) is 37.5. The number of carbonyl (C=O) groups excluding carboxylic acids is 3. The molecule has 2 heterocycles. The van der Waals surface area contributed by atoms with Gasteiger partial charge in [0.1, 0.15) is 24.6 Å². The molecule has 6 atom stereocenters. The SMILES string of the molecule is O=C(Cc1ccc(-c2ccc(O)cc2)cc1)NC[C@@H](O)[C@@H](O)[C@@H]1O[C@](C(=O)[O-])(n2cc(CC3CCCCC3)nn2)C[C@H](O)[C@H]1NC(=O)CO.[Na+]. The van der Waals surface area contributed by atoms with Crippen molar-refractivity contribution in [3.63, 3.8) is 0 Å². The molecule has 50 heavy (non-hydrogen) atoms. The number of hydrogen-bond donors (Lipinski definition) is 7. The predicted molar refractivity (Wildman–Crippen MR) is 170 cm³/mol. The monoisotopic (exact) mass is 703 g/mol. The van der Waals surface area contributed by atoms with Crippen molar-refractivity contribution in [2.24, 2.45) is 5.92 Å². The van der Waals surface area contributed by atoms with Gasteiger partial charge in [-0.3, -0.25) is 9.59 Å². The van der Waals surface area contributed by atoms with Crippen LogP contribution in [0.25, 0.3) is 11.1 Å². The topological polar surface area (TPSA) is 239 Å². The van der Waals surface area contributed by atoms with Crippen LogP contribution in [0.4, 0.5) is 0 Å². The van der Waals surface area contributed by atoms with Gasteiger partial charge in [-0.1, -0.05) is 73.7 Å². The van der Waals surface area contributed by atoms with Gasteiger partial charge in [-0.05, 0) is 41.2 Å². The molecule has 1 aliphatic carbocycles. The first-order valence-corrected chi connectivity index (χ1v) is 16.4. The van der Waals surface area contributed by atoms with E-state index in [-0.39, 0.29) is 41.7 Å². The Morgan fingerprint density at radius 2 is 1.64 bits per heavy atom. The number of aliphatic hydroxyl groups is 4. The van der Waals surface area contributed by atoms with Crippen LogP contribution < -0.4 is 45.3 Å². The Labute approximate surface area is 311 Å². The number of phenols is 1. The van der Waals surface area contributed by atoms with Gasteiger partial charge in [0.2, 0.25) is 17.5 Å². The van der Waals surface area contributed by atoms with E-state index in [4.69, 9.17) is 4.74 Å². The van der Waals surface area contributed by atoms with Crippen LogP contribution in [0.1, 0.15) is 49.8 Å². The zero-order valence-corrected chi connectivity index (χ0v) is 29.9. The molecule has 2 aliphatic rings. The third-order valence-corrected chi connectivity index (χ3v) is 9.27. The van der Waals surface area contributed by atoms with Crippen molar-refractivity contribution in [1.82, 2.24) is 25.6 Å². The first-order valence-electron chi connectivity index (χ1n) is 16.4. The van der Waals surface area contributed by atoms with E-state index in [2.05, 4.69) is 20.9 Å². The summed E-state index contributed by atoms with van der Waals surface area (Å²) >= 11 is 0. The zero-order chi connectivity index (χ0) is 35.1. The molecule has 5 rings (SSSR count). The molecule has 2 fully saturated rings. The van der Waals surface area contributed by atoms with Crippen LogP contribution in [0, 0.1) is 5.92 Å². The zero-order valence-electron chi connectivity index (χ0n) is 27.9. The molecule has 0 bridgehead atoms. The summed E-state index contributed by atoms with van der Waals surface area (Å²) in [6.45, 7) is -1.46. The van der Waals surface area contributed by atoms with Crippen LogP contribution in [0.5, 0.6) is 5.75 Å². The Hall–Kier alpha value is -3.41. The van der Waals surface area contributed by atoms with Crippen LogP contribution in [0.2, 0.25) is 0 Å². The molecule has 2 amide bonds. The summed E-state index contributed by atoms with van der Waals surface area (Å²) in [5, 5.41) is 77.7. The van der Waals surface area contributed by atoms with Gasteiger partial charge in [0.15, 0.2) is 0 Å². The number of carbonyl (C=O) groups is 3. The predicted octanol–water partition coefficient (Wildman–Crippen LogP) is -4.11. The van der Waals surface area contributed by atoms with Gasteiger partial charge in [0.25, 0.3) is 0 Å². The number of aliphatic carboxylic acids is 1. The minimum absolute atomic E-state index is 0. The summed E-state index contributed by atoms with van der Waals surface area (Å²) in [7, 11) is 0. The maximum absolute atomic E-state index is 12.7. The van der Waals surface area contributed by atoms with Crippen molar-refractivity contribution in [2.45, 2.75) is 87.5 Å². The summed E-state index contributed by atoms with van der Waals surface area (Å²) in [6.07, 6.45) is -0.537. The molecule has 1 aromatic heterocycles. The van der Waals surface area contributed by atoms with Gasteiger partial charge in [0.05, 0.1) is 42.5 Å². The van der Waals surface area contributed by atoms with Crippen LogP contribution in [0.15, 0.2) is 54.7 Å². The molecular formula is C34H42N5NaO10. The largest absolute Gasteiger partial charge is 1.00 e. The van der Waals surface area contributed by atoms with Crippen LogP contribution in [-0.2, 0) is 37.7 Å². The van der Waals surface area contributed by atoms with Crippen molar-refractivity contribution in [3.8, 4) is 16.9 Å². The molecule has 7 N–H and O–H groups in total. The van der Waals surface area contributed by atoms with Gasteiger partial charge < -0.3 is 50.8 Å². The number of carboxylic acids is 1. The number of aromatic hydroxyl groups is 1. The number of rotatable bonds is 13. The molecule has 3 aromatic rings. The van der Waals surface area contributed by atoms with Gasteiger partial charge >= 0.3 is 29.6 Å². The van der Waals surface area contributed by atoms with Gasteiger partial charge in [0, 0.05) is 13.0 Å². The Bertz CT molecular complexity index is 1580. The van der Waals surface area contributed by atoms with Crippen molar-refractivity contribution < 1.29 is 79.3 Å². The van der Waals surface area contributed by atoms with E-state index in [1.54, 1.807) is 36.4 Å². The van der Waals surface area contributed by atoms with Crippen molar-refractivity contribution >= 4 is 17.8 Å². The van der Waals surface area contributed by atoms with Crippen LogP contribution in [-0.4, -0.2) is 102 Å². The fourth-order valence-corrected chi connectivity index (χ4v) is 6.57. The van der Waals surface area contributed by atoms with Gasteiger partial charge in [-0.15, -0.1) is 5.10 Å². The molecule has 2 aromatic carbocycles. The minimum Gasteiger partial charge on any atom is -0.545 e. The first kappa shape index (κ1) is 39.4. The Morgan fingerprint density at radius 3 is 2.26 bits per heavy atom. The molecule has 0 unspecified atom stereocenters.